The van der Waals surface area contributed by atoms with Crippen LogP contribution in [0.3, 0.4) is 0 Å². The van der Waals surface area contributed by atoms with Gasteiger partial charge in [-0.15, -0.1) is 0 Å². The molecule has 0 aliphatic rings. The van der Waals surface area contributed by atoms with Crippen LogP contribution < -0.4 is 5.73 Å². The summed E-state index contributed by atoms with van der Waals surface area (Å²) in [5, 5.41) is 0. The summed E-state index contributed by atoms with van der Waals surface area (Å²) >= 11 is 0. The summed E-state index contributed by atoms with van der Waals surface area (Å²) in [5.41, 5.74) is 5.41. The first-order chi connectivity index (χ1) is 44.8. The van der Waals surface area contributed by atoms with Crippen LogP contribution in [-0.2, 0) is 32.7 Å². The Hall–Kier alpha value is -4.89. The lowest BCUT2D eigenvalue weighted by atomic mass is 10.0. The third kappa shape index (κ3) is 74.0. The average molecular weight is 1280 g/mol. The van der Waals surface area contributed by atoms with Crippen molar-refractivity contribution < 1.29 is 37.6 Å². The third-order valence-corrected chi connectivity index (χ3v) is 15.8. The van der Waals surface area contributed by atoms with Crippen LogP contribution in [-0.4, -0.2) is 49.3 Å². The Labute approximate surface area is 558 Å². The average Bonchev–Trinajstić information content (AvgIpc) is 3.68. The van der Waals surface area contributed by atoms with Crippen molar-refractivity contribution in [1.82, 2.24) is 0 Å². The van der Waals surface area contributed by atoms with Crippen LogP contribution in [0.5, 0.6) is 0 Å². The lowest BCUT2D eigenvalue weighted by Crippen LogP contribution is -2.29. The van der Waals surface area contributed by atoms with Gasteiger partial charge in [0.1, 0.15) is 6.61 Å². The number of carbonyl (C=O) groups excluding carboxylic acids is 2. The highest BCUT2D eigenvalue weighted by Gasteiger charge is 2.26. The van der Waals surface area contributed by atoms with Gasteiger partial charge in [-0.1, -0.05) is 318 Å². The predicted molar refractivity (Wildman–Crippen MR) is 394 cm³/mol. The molecule has 0 aromatic rings. The number of rotatable bonds is 66. The van der Waals surface area contributed by atoms with E-state index in [1.807, 2.05) is 0 Å². The van der Waals surface area contributed by atoms with Gasteiger partial charge < -0.3 is 20.1 Å². The molecule has 0 aliphatic heterocycles. The van der Waals surface area contributed by atoms with Crippen LogP contribution in [0.1, 0.15) is 284 Å². The normalized spacial score (nSPS) is 14.0. The van der Waals surface area contributed by atoms with Gasteiger partial charge in [0.15, 0.2) is 6.10 Å². The highest BCUT2D eigenvalue weighted by molar-refractivity contribution is 7.47. The van der Waals surface area contributed by atoms with E-state index in [0.29, 0.717) is 6.42 Å². The van der Waals surface area contributed by atoms with Crippen LogP contribution in [0.25, 0.3) is 0 Å². The Morgan fingerprint density at radius 1 is 0.330 bits per heavy atom. The van der Waals surface area contributed by atoms with E-state index in [0.717, 1.165) is 148 Å². The number of hydrogen-bond acceptors (Lipinski definition) is 8. The molecule has 3 N–H and O–H groups in total. The Bertz CT molecular complexity index is 2150. The van der Waals surface area contributed by atoms with E-state index in [4.69, 9.17) is 24.3 Å². The largest absolute Gasteiger partial charge is 0.472 e. The van der Waals surface area contributed by atoms with Crippen LogP contribution in [0.2, 0.25) is 0 Å². The summed E-state index contributed by atoms with van der Waals surface area (Å²) in [6.45, 7) is 3.51. The zero-order valence-corrected chi connectivity index (χ0v) is 58.6. The molecule has 2 atom stereocenters. The number of esters is 2. The topological polar surface area (TPSA) is 134 Å². The summed E-state index contributed by atoms with van der Waals surface area (Å²) in [5.74, 6) is -0.840. The smallest absolute Gasteiger partial charge is 0.462 e. The van der Waals surface area contributed by atoms with Crippen molar-refractivity contribution in [1.29, 1.82) is 0 Å². The molecule has 0 spiro atoms. The third-order valence-electron chi connectivity index (χ3n) is 14.8. The van der Waals surface area contributed by atoms with E-state index in [1.165, 1.54) is 103 Å². The number of hydrogen-bond donors (Lipinski definition) is 2. The standard InChI is InChI=1S/C81H132NO8P/c1-3-5-7-9-11-13-15-17-19-21-23-25-27-29-31-33-35-37-39-41-43-45-47-49-51-53-55-57-59-61-63-65-67-69-71-73-80(83)87-77-79(78-89-91(85,86)88-76-75-82)90-81(84)74-72-70-68-66-64-62-60-58-56-54-52-50-48-46-44-42-40-38-36-34-32-30-28-26-24-22-20-18-16-14-12-10-8-6-4-2/h5-8,11-14,17-20,23-26,29-32,35-38,41-44,48,50,79H,3-4,9-10,15-16,21-22,27-28,33-34,39-40,45-47,49,51-78,82H2,1-2H3,(H,85,86)/b7-5-,8-6-,13-11-,14-12-,19-17-,20-18-,25-23-,26-24-,31-29-,32-30-,37-35-,38-36-,43-41-,44-42-,50-48-. The summed E-state index contributed by atoms with van der Waals surface area (Å²) in [6.07, 6.45) is 111. The number of phosphoric ester groups is 1. The molecule has 0 amide bonds. The zero-order chi connectivity index (χ0) is 65.8. The van der Waals surface area contributed by atoms with Gasteiger partial charge in [0.25, 0.3) is 0 Å². The highest BCUT2D eigenvalue weighted by atomic mass is 31.2. The van der Waals surface area contributed by atoms with Crippen molar-refractivity contribution in [3.8, 4) is 0 Å². The molecule has 0 saturated carbocycles. The number of unbranched alkanes of at least 4 members (excludes halogenated alkanes) is 23. The van der Waals surface area contributed by atoms with E-state index >= 15 is 0 Å². The minimum absolute atomic E-state index is 0.0445. The van der Waals surface area contributed by atoms with Gasteiger partial charge in [-0.3, -0.25) is 18.6 Å². The minimum atomic E-state index is -4.41. The molecular weight excluding hydrogens is 1150 g/mol. The second kappa shape index (κ2) is 74.2. The molecule has 0 aromatic heterocycles. The molecule has 10 heteroatoms. The van der Waals surface area contributed by atoms with Crippen LogP contribution in [0.15, 0.2) is 182 Å². The molecule has 0 saturated heterocycles. The Kier molecular flexibility index (Phi) is 70.2. The second-order valence-corrected chi connectivity index (χ2v) is 24.8. The molecule has 91 heavy (non-hydrogen) atoms. The van der Waals surface area contributed by atoms with Crippen molar-refractivity contribution in [3.63, 3.8) is 0 Å². The van der Waals surface area contributed by atoms with Gasteiger partial charge in [0, 0.05) is 19.4 Å². The lowest BCUT2D eigenvalue weighted by Gasteiger charge is -2.19. The molecule has 514 valence electrons. The van der Waals surface area contributed by atoms with Crippen molar-refractivity contribution in [2.45, 2.75) is 290 Å². The molecule has 0 fully saturated rings. The zero-order valence-electron chi connectivity index (χ0n) is 57.8. The quantitative estimate of drug-likeness (QED) is 0.0264. The number of carbonyl (C=O) groups is 2. The van der Waals surface area contributed by atoms with E-state index in [9.17, 15) is 19.0 Å². The number of nitrogens with two attached hydrogens (primary N) is 1. The molecule has 0 heterocycles. The SMILES string of the molecule is CC/C=C\C/C=C\C/C=C\C/C=C\C/C=C\C/C=C\C/C=C\C/C=C\CCCCCCCCCCCCC(=O)OC(COC(=O)CCCCCCCCCCCCCCC/C=C\C/C=C\C/C=C\C/C=C\C/C=C\C/C=C\C/C=C\CC)COP(=O)(O)OCCN. The second-order valence-electron chi connectivity index (χ2n) is 23.3. The predicted octanol–water partition coefficient (Wildman–Crippen LogP) is 24.3. The van der Waals surface area contributed by atoms with E-state index < -0.39 is 26.5 Å². The van der Waals surface area contributed by atoms with Gasteiger partial charge in [-0.05, 0) is 135 Å². The maximum Gasteiger partial charge on any atom is 0.472 e. The molecule has 9 nitrogen and oxygen atoms in total. The highest BCUT2D eigenvalue weighted by Crippen LogP contribution is 2.43. The first-order valence-corrected chi connectivity index (χ1v) is 37.8. The molecule has 0 bridgehead atoms. The molecule has 0 radical (unpaired) electrons. The first kappa shape index (κ1) is 86.1. The van der Waals surface area contributed by atoms with Crippen molar-refractivity contribution >= 4 is 19.8 Å². The van der Waals surface area contributed by atoms with E-state index in [2.05, 4.69) is 196 Å². The number of allylic oxidation sites excluding steroid dienone is 30. The fourth-order valence-electron chi connectivity index (χ4n) is 9.52. The summed E-state index contributed by atoms with van der Waals surface area (Å²) in [4.78, 5) is 35.4. The van der Waals surface area contributed by atoms with Gasteiger partial charge in [-0.25, -0.2) is 4.57 Å². The van der Waals surface area contributed by atoms with Crippen molar-refractivity contribution in [2.24, 2.45) is 5.73 Å². The minimum Gasteiger partial charge on any atom is -0.462 e. The van der Waals surface area contributed by atoms with Crippen molar-refractivity contribution in [3.05, 3.63) is 182 Å². The molecule has 0 rings (SSSR count). The number of ether oxygens (including phenoxy) is 2. The summed E-state index contributed by atoms with van der Waals surface area (Å²) in [7, 11) is -4.41. The molecular formula is C81H132NO8P. The number of phosphoric acid groups is 1. The first-order valence-electron chi connectivity index (χ1n) is 36.3. The molecule has 0 aliphatic carbocycles. The van der Waals surface area contributed by atoms with Crippen LogP contribution in [0, 0.1) is 0 Å². The molecule has 2 unspecified atom stereocenters. The van der Waals surface area contributed by atoms with Gasteiger partial charge in [0.2, 0.25) is 0 Å². The Balaban J connectivity index is 3.95. The van der Waals surface area contributed by atoms with E-state index in [-0.39, 0.29) is 38.6 Å². The monoisotopic (exact) mass is 1280 g/mol. The lowest BCUT2D eigenvalue weighted by molar-refractivity contribution is -0.161. The Morgan fingerprint density at radius 3 is 0.846 bits per heavy atom. The van der Waals surface area contributed by atoms with Crippen molar-refractivity contribution in [2.75, 3.05) is 26.4 Å². The van der Waals surface area contributed by atoms with Crippen LogP contribution in [0.4, 0.5) is 0 Å². The fraction of sp³-hybridized carbons (Fsp3) is 0.605. The van der Waals surface area contributed by atoms with Gasteiger partial charge >= 0.3 is 19.8 Å². The van der Waals surface area contributed by atoms with Crippen LogP contribution >= 0.6 is 7.82 Å². The summed E-state index contributed by atoms with van der Waals surface area (Å²) in [6, 6.07) is 0. The van der Waals surface area contributed by atoms with E-state index in [1.54, 1.807) is 0 Å². The maximum absolute atomic E-state index is 12.8. The summed E-state index contributed by atoms with van der Waals surface area (Å²) < 4.78 is 33.2. The maximum atomic E-state index is 12.8. The Morgan fingerprint density at radius 2 is 0.571 bits per heavy atom. The molecule has 0 aromatic carbocycles. The van der Waals surface area contributed by atoms with Gasteiger partial charge in [-0.2, -0.15) is 0 Å². The van der Waals surface area contributed by atoms with Gasteiger partial charge in [0.05, 0.1) is 13.2 Å². The fourth-order valence-corrected chi connectivity index (χ4v) is 10.3.